The lowest BCUT2D eigenvalue weighted by Crippen LogP contribution is -2.33. The molecule has 5 heterocycles. The maximum Gasteiger partial charge on any atom is 0.293 e. The van der Waals surface area contributed by atoms with E-state index in [1.54, 1.807) is 53.6 Å². The molecule has 0 unspecified atom stereocenters. The van der Waals surface area contributed by atoms with Crippen molar-refractivity contribution in [3.05, 3.63) is 108 Å². The van der Waals surface area contributed by atoms with E-state index in [0.717, 1.165) is 17.3 Å². The van der Waals surface area contributed by atoms with E-state index in [2.05, 4.69) is 35.7 Å². The highest BCUT2D eigenvalue weighted by Crippen LogP contribution is 2.32. The van der Waals surface area contributed by atoms with Crippen molar-refractivity contribution in [2.75, 3.05) is 0 Å². The SMILES string of the molecule is N#Cc1cc(-c2cnn([C@@H](Cn3cc(F)cn3)c3ccc(-c4c(-[n+]5cnn[nH]5)ccc(Cl)c4F)cn3)c2)ccn1. The zero-order valence-electron chi connectivity index (χ0n) is 20.4. The number of aromatic nitrogens is 10. The molecule has 0 aliphatic heterocycles. The van der Waals surface area contributed by atoms with Crippen LogP contribution in [0.1, 0.15) is 17.4 Å². The van der Waals surface area contributed by atoms with Crippen molar-refractivity contribution >= 4 is 11.6 Å². The van der Waals surface area contributed by atoms with Crippen LogP contribution in [-0.4, -0.2) is 45.1 Å². The van der Waals surface area contributed by atoms with Gasteiger partial charge in [-0.3, -0.25) is 14.3 Å². The number of benzene rings is 1. The number of hydrogen-bond acceptors (Lipinski definition) is 7. The molecule has 0 bridgehead atoms. The van der Waals surface area contributed by atoms with Crippen molar-refractivity contribution in [3.8, 4) is 34.0 Å². The summed E-state index contributed by atoms with van der Waals surface area (Å²) < 4.78 is 33.6. The van der Waals surface area contributed by atoms with Crippen LogP contribution < -0.4 is 4.68 Å². The first-order valence-electron chi connectivity index (χ1n) is 11.8. The van der Waals surface area contributed by atoms with Gasteiger partial charge in [0.2, 0.25) is 0 Å². The van der Waals surface area contributed by atoms with E-state index in [-0.39, 0.29) is 22.8 Å². The minimum Gasteiger partial charge on any atom is -0.267 e. The van der Waals surface area contributed by atoms with Crippen molar-refractivity contribution in [1.29, 1.82) is 5.26 Å². The maximum absolute atomic E-state index is 15.3. The van der Waals surface area contributed by atoms with Gasteiger partial charge in [0.05, 0.1) is 41.4 Å². The largest absolute Gasteiger partial charge is 0.293 e. The smallest absolute Gasteiger partial charge is 0.267 e. The highest BCUT2D eigenvalue weighted by atomic mass is 35.5. The summed E-state index contributed by atoms with van der Waals surface area (Å²) in [6.07, 6.45) is 10.3. The van der Waals surface area contributed by atoms with Crippen molar-refractivity contribution < 1.29 is 13.5 Å². The molecule has 6 rings (SSSR count). The lowest BCUT2D eigenvalue weighted by Gasteiger charge is -2.18. The normalized spacial score (nSPS) is 11.8. The highest BCUT2D eigenvalue weighted by Gasteiger charge is 2.22. The number of nitrogens with one attached hydrogen (secondary N) is 1. The molecule has 6 aromatic rings. The van der Waals surface area contributed by atoms with Crippen LogP contribution in [-0.2, 0) is 6.54 Å². The lowest BCUT2D eigenvalue weighted by atomic mass is 10.0. The minimum absolute atomic E-state index is 0.0470. The third kappa shape index (κ3) is 4.79. The number of rotatable bonds is 7. The first-order chi connectivity index (χ1) is 19.5. The Labute approximate surface area is 229 Å². The van der Waals surface area contributed by atoms with E-state index < -0.39 is 17.7 Å². The zero-order chi connectivity index (χ0) is 27.6. The summed E-state index contributed by atoms with van der Waals surface area (Å²) in [7, 11) is 0. The summed E-state index contributed by atoms with van der Waals surface area (Å²) in [6.45, 7) is 0.212. The molecule has 40 heavy (non-hydrogen) atoms. The number of halogens is 3. The van der Waals surface area contributed by atoms with E-state index >= 15 is 4.39 Å². The topological polar surface area (TPSA) is 131 Å². The molecule has 0 aliphatic carbocycles. The Kier molecular flexibility index (Phi) is 6.51. The molecule has 11 nitrogen and oxygen atoms in total. The molecule has 0 saturated heterocycles. The Bertz CT molecular complexity index is 1840. The van der Waals surface area contributed by atoms with Gasteiger partial charge < -0.3 is 0 Å². The second-order valence-corrected chi connectivity index (χ2v) is 9.08. The fraction of sp³-hybridized carbons (Fsp3) is 0.0769. The summed E-state index contributed by atoms with van der Waals surface area (Å²) in [5.74, 6) is -1.09. The summed E-state index contributed by atoms with van der Waals surface area (Å²) in [5, 5.41) is 27.8. The highest BCUT2D eigenvalue weighted by molar-refractivity contribution is 6.31. The lowest BCUT2D eigenvalue weighted by molar-refractivity contribution is -0.659. The van der Waals surface area contributed by atoms with Crippen molar-refractivity contribution in [2.45, 2.75) is 12.6 Å². The quantitative estimate of drug-likeness (QED) is 0.297. The first kappa shape index (κ1) is 25.0. The number of H-pyrrole nitrogens is 1. The molecule has 0 spiro atoms. The molecule has 0 amide bonds. The van der Waals surface area contributed by atoms with Gasteiger partial charge in [-0.05, 0) is 35.9 Å². The minimum atomic E-state index is -0.620. The Balaban J connectivity index is 1.39. The predicted octanol–water partition coefficient (Wildman–Crippen LogP) is 3.69. The number of pyridine rings is 2. The number of nitrogens with zero attached hydrogens (tertiary/aromatic N) is 10. The van der Waals surface area contributed by atoms with Gasteiger partial charge in [-0.25, -0.2) is 13.8 Å². The van der Waals surface area contributed by atoms with Gasteiger partial charge >= 0.3 is 0 Å². The van der Waals surface area contributed by atoms with E-state index in [1.807, 2.05) is 6.07 Å². The molecule has 0 saturated carbocycles. The van der Waals surface area contributed by atoms with Crippen molar-refractivity contribution in [1.82, 2.24) is 45.1 Å². The van der Waals surface area contributed by atoms with Crippen LogP contribution in [0.5, 0.6) is 0 Å². The molecular weight excluding hydrogens is 540 g/mol. The van der Waals surface area contributed by atoms with Crippen molar-refractivity contribution in [2.24, 2.45) is 0 Å². The maximum atomic E-state index is 15.3. The van der Waals surface area contributed by atoms with E-state index in [0.29, 0.717) is 16.9 Å². The zero-order valence-corrected chi connectivity index (χ0v) is 21.2. The summed E-state index contributed by atoms with van der Waals surface area (Å²) >= 11 is 6.10. The van der Waals surface area contributed by atoms with Crippen LogP contribution >= 0.6 is 11.6 Å². The summed E-state index contributed by atoms with van der Waals surface area (Å²) in [5.41, 5.74) is 3.48. The Morgan fingerprint density at radius 1 is 1.00 bits per heavy atom. The van der Waals surface area contributed by atoms with Gasteiger partial charge in [0.25, 0.3) is 6.33 Å². The fourth-order valence-corrected chi connectivity index (χ4v) is 4.47. The molecule has 1 N–H and O–H groups in total. The Hall–Kier alpha value is -5.35. The molecule has 196 valence electrons. The molecule has 1 atom stereocenters. The number of hydrogen-bond donors (Lipinski definition) is 1. The van der Waals surface area contributed by atoms with Crippen LogP contribution in [0.3, 0.4) is 0 Å². The van der Waals surface area contributed by atoms with Gasteiger partial charge in [0, 0.05) is 29.7 Å². The molecule has 1 aromatic carbocycles. The van der Waals surface area contributed by atoms with Gasteiger partial charge in [-0.2, -0.15) is 15.5 Å². The Morgan fingerprint density at radius 3 is 2.62 bits per heavy atom. The number of aromatic amines is 1. The predicted molar refractivity (Wildman–Crippen MR) is 137 cm³/mol. The van der Waals surface area contributed by atoms with Gasteiger partial charge in [0.1, 0.15) is 28.6 Å². The van der Waals surface area contributed by atoms with Gasteiger partial charge in [0.15, 0.2) is 16.8 Å². The fourth-order valence-electron chi connectivity index (χ4n) is 4.32. The van der Waals surface area contributed by atoms with Gasteiger partial charge in [-0.1, -0.05) is 22.9 Å². The summed E-state index contributed by atoms with van der Waals surface area (Å²) in [4.78, 5) is 8.64. The van der Waals surface area contributed by atoms with E-state index in [4.69, 9.17) is 11.6 Å². The van der Waals surface area contributed by atoms with E-state index in [9.17, 15) is 9.65 Å². The Morgan fingerprint density at radius 2 is 1.90 bits per heavy atom. The van der Waals surface area contributed by atoms with Crippen LogP contribution in [0, 0.1) is 23.0 Å². The molecule has 0 radical (unpaired) electrons. The van der Waals surface area contributed by atoms with E-state index in [1.165, 1.54) is 34.2 Å². The van der Waals surface area contributed by atoms with Gasteiger partial charge in [-0.15, -0.1) is 4.68 Å². The molecule has 0 aliphatic rings. The van der Waals surface area contributed by atoms with Crippen LogP contribution in [0.15, 0.2) is 79.9 Å². The second-order valence-electron chi connectivity index (χ2n) is 8.68. The molecule has 14 heteroatoms. The molecular formula is C26H17ClF2N11+. The monoisotopic (exact) mass is 556 g/mol. The molecule has 5 aromatic heterocycles. The third-order valence-corrected chi connectivity index (χ3v) is 6.51. The number of tetrazole rings is 1. The second kappa shape index (κ2) is 10.4. The summed E-state index contributed by atoms with van der Waals surface area (Å²) in [6, 6.07) is 11.5. The average molecular weight is 557 g/mol. The van der Waals surface area contributed by atoms with Crippen molar-refractivity contribution in [3.63, 3.8) is 0 Å². The number of nitriles is 1. The molecule has 0 fully saturated rings. The van der Waals surface area contributed by atoms with Crippen LogP contribution in [0.4, 0.5) is 8.78 Å². The standard InChI is InChI=1S/C26H16ClF2N11/c27-21-2-4-23(40-15-33-36-37-40)25(26(21)29)17-1-3-22(32-9-17)24(14-38-13-19(28)11-34-38)39-12-18(10-35-39)16-5-6-31-20(7-16)8-30/h1-7,9-13,15,24H,14H2/p+1/t24-/m0/s1. The van der Waals surface area contributed by atoms with Crippen LogP contribution in [0.25, 0.3) is 27.9 Å². The average Bonchev–Trinajstić information content (AvgIpc) is 3.76. The third-order valence-electron chi connectivity index (χ3n) is 6.22. The van der Waals surface area contributed by atoms with Crippen LogP contribution in [0.2, 0.25) is 5.02 Å². The first-order valence-corrected chi connectivity index (χ1v) is 12.2.